The van der Waals surface area contributed by atoms with Gasteiger partial charge in [0.15, 0.2) is 5.82 Å². The van der Waals surface area contributed by atoms with E-state index in [-0.39, 0.29) is 22.4 Å². The fraction of sp³-hybridized carbons (Fsp3) is 0.444. The zero-order chi connectivity index (χ0) is 16.7. The number of benzene rings is 1. The molecule has 0 radical (unpaired) electrons. The van der Waals surface area contributed by atoms with Crippen molar-refractivity contribution in [3.05, 3.63) is 47.0 Å². The molecule has 1 aromatic carbocycles. The van der Waals surface area contributed by atoms with Crippen LogP contribution < -0.4 is 0 Å². The van der Waals surface area contributed by atoms with Crippen LogP contribution in [0.5, 0.6) is 5.75 Å². The lowest BCUT2D eigenvalue weighted by Crippen LogP contribution is -2.19. The van der Waals surface area contributed by atoms with Crippen LogP contribution in [0.3, 0.4) is 0 Å². The van der Waals surface area contributed by atoms with Crippen LogP contribution in [0.15, 0.2) is 24.5 Å². The van der Waals surface area contributed by atoms with Crippen LogP contribution in [0.2, 0.25) is 0 Å². The van der Waals surface area contributed by atoms with Gasteiger partial charge < -0.3 is 10.1 Å². The SMILES string of the molecule is CC(C)(C)c1cc(C(=O)c2ncc[nH]2)cc(C(C)(C)C)c1O. The molecule has 0 saturated carbocycles. The lowest BCUT2D eigenvalue weighted by Gasteiger charge is -2.28. The van der Waals surface area contributed by atoms with E-state index >= 15 is 0 Å². The highest BCUT2D eigenvalue weighted by molar-refractivity contribution is 6.07. The standard InChI is InChI=1S/C18H24N2O2/c1-17(2,3)12-9-11(14(21)16-19-7-8-20-16)10-13(15(12)22)18(4,5)6/h7-10,22H,1-6H3,(H,19,20). The molecule has 4 heteroatoms. The average Bonchev–Trinajstić information content (AvgIpc) is 2.89. The molecule has 0 fully saturated rings. The highest BCUT2D eigenvalue weighted by atomic mass is 16.3. The van der Waals surface area contributed by atoms with Gasteiger partial charge in [-0.05, 0) is 23.0 Å². The Morgan fingerprint density at radius 2 is 1.55 bits per heavy atom. The Balaban J connectivity index is 2.68. The molecule has 4 nitrogen and oxygen atoms in total. The van der Waals surface area contributed by atoms with Crippen molar-refractivity contribution in [1.29, 1.82) is 0 Å². The molecule has 0 amide bonds. The number of carbonyl (C=O) groups is 1. The number of H-pyrrole nitrogens is 1. The van der Waals surface area contributed by atoms with Gasteiger partial charge in [0.2, 0.25) is 5.78 Å². The number of aromatic nitrogens is 2. The van der Waals surface area contributed by atoms with Gasteiger partial charge in [-0.2, -0.15) is 0 Å². The Hall–Kier alpha value is -2.10. The molecule has 0 saturated heterocycles. The summed E-state index contributed by atoms with van der Waals surface area (Å²) in [4.78, 5) is 19.5. The zero-order valence-electron chi connectivity index (χ0n) is 14.1. The number of aromatic amines is 1. The van der Waals surface area contributed by atoms with Gasteiger partial charge in [0, 0.05) is 29.1 Å². The largest absolute Gasteiger partial charge is 0.507 e. The van der Waals surface area contributed by atoms with Crippen LogP contribution in [0.1, 0.15) is 68.9 Å². The summed E-state index contributed by atoms with van der Waals surface area (Å²) in [5, 5.41) is 10.7. The van der Waals surface area contributed by atoms with Crippen molar-refractivity contribution in [1.82, 2.24) is 9.97 Å². The maximum absolute atomic E-state index is 12.6. The maximum atomic E-state index is 12.6. The summed E-state index contributed by atoms with van der Waals surface area (Å²) in [5.74, 6) is 0.419. The lowest BCUT2D eigenvalue weighted by atomic mass is 9.78. The Morgan fingerprint density at radius 1 is 1.05 bits per heavy atom. The topological polar surface area (TPSA) is 66.0 Å². The number of aromatic hydroxyl groups is 1. The summed E-state index contributed by atoms with van der Waals surface area (Å²) in [6.45, 7) is 12.1. The zero-order valence-corrected chi connectivity index (χ0v) is 14.1. The highest BCUT2D eigenvalue weighted by Gasteiger charge is 2.28. The summed E-state index contributed by atoms with van der Waals surface area (Å²) < 4.78 is 0. The molecule has 22 heavy (non-hydrogen) atoms. The van der Waals surface area contributed by atoms with Crippen LogP contribution in [0.4, 0.5) is 0 Å². The monoisotopic (exact) mass is 300 g/mol. The fourth-order valence-electron chi connectivity index (χ4n) is 2.44. The van der Waals surface area contributed by atoms with Crippen LogP contribution in [-0.2, 0) is 10.8 Å². The molecular formula is C18H24N2O2. The van der Waals surface area contributed by atoms with Gasteiger partial charge in [-0.1, -0.05) is 41.5 Å². The summed E-state index contributed by atoms with van der Waals surface area (Å²) in [6, 6.07) is 3.55. The normalized spacial score (nSPS) is 12.5. The third-order valence-corrected chi connectivity index (χ3v) is 3.70. The Kier molecular flexibility index (Phi) is 3.90. The van der Waals surface area contributed by atoms with Gasteiger partial charge in [-0.15, -0.1) is 0 Å². The summed E-state index contributed by atoms with van der Waals surface area (Å²) in [5.41, 5.74) is 1.57. The minimum absolute atomic E-state index is 0.166. The van der Waals surface area contributed by atoms with Crippen LogP contribution >= 0.6 is 0 Å². The molecule has 1 heterocycles. The number of carbonyl (C=O) groups excluding carboxylic acids is 1. The fourth-order valence-corrected chi connectivity index (χ4v) is 2.44. The molecule has 0 aliphatic carbocycles. The number of hydrogen-bond acceptors (Lipinski definition) is 3. The van der Waals surface area contributed by atoms with Gasteiger partial charge in [0.05, 0.1) is 0 Å². The van der Waals surface area contributed by atoms with Gasteiger partial charge in [-0.25, -0.2) is 4.98 Å². The van der Waals surface area contributed by atoms with Crippen molar-refractivity contribution >= 4 is 5.78 Å². The molecule has 118 valence electrons. The third kappa shape index (κ3) is 3.06. The number of hydrogen-bond donors (Lipinski definition) is 2. The van der Waals surface area contributed by atoms with E-state index in [1.54, 1.807) is 24.5 Å². The second kappa shape index (κ2) is 5.27. The van der Waals surface area contributed by atoms with Crippen LogP contribution in [0.25, 0.3) is 0 Å². The number of nitrogens with one attached hydrogen (secondary N) is 1. The molecule has 1 aromatic heterocycles. The average molecular weight is 300 g/mol. The highest BCUT2D eigenvalue weighted by Crippen LogP contribution is 2.40. The Labute approximate surface area is 131 Å². The molecular weight excluding hydrogens is 276 g/mol. The predicted octanol–water partition coefficient (Wildman–Crippen LogP) is 3.94. The summed E-state index contributed by atoms with van der Waals surface area (Å²) in [6.07, 6.45) is 3.19. The summed E-state index contributed by atoms with van der Waals surface area (Å²) in [7, 11) is 0. The predicted molar refractivity (Wildman–Crippen MR) is 87.5 cm³/mol. The molecule has 0 aliphatic rings. The van der Waals surface area contributed by atoms with E-state index in [2.05, 4.69) is 9.97 Å². The second-order valence-corrected chi connectivity index (χ2v) is 7.69. The molecule has 0 atom stereocenters. The number of ketones is 1. The molecule has 2 aromatic rings. The molecule has 2 rings (SSSR count). The van der Waals surface area contributed by atoms with Gasteiger partial charge in [-0.3, -0.25) is 4.79 Å². The van der Waals surface area contributed by atoms with E-state index in [0.29, 0.717) is 11.4 Å². The first-order valence-electron chi connectivity index (χ1n) is 7.44. The second-order valence-electron chi connectivity index (χ2n) is 7.69. The van der Waals surface area contributed by atoms with E-state index in [1.807, 2.05) is 41.5 Å². The van der Waals surface area contributed by atoms with E-state index < -0.39 is 0 Å². The Bertz CT molecular complexity index is 652. The van der Waals surface area contributed by atoms with Crippen molar-refractivity contribution in [3.8, 4) is 5.75 Å². The quantitative estimate of drug-likeness (QED) is 0.825. The van der Waals surface area contributed by atoms with Crippen molar-refractivity contribution in [2.45, 2.75) is 52.4 Å². The molecule has 0 unspecified atom stereocenters. The lowest BCUT2D eigenvalue weighted by molar-refractivity contribution is 0.103. The number of imidazole rings is 1. The van der Waals surface area contributed by atoms with Crippen molar-refractivity contribution in [2.24, 2.45) is 0 Å². The molecule has 0 bridgehead atoms. The van der Waals surface area contributed by atoms with E-state index in [1.165, 1.54) is 0 Å². The van der Waals surface area contributed by atoms with Gasteiger partial charge >= 0.3 is 0 Å². The minimum Gasteiger partial charge on any atom is -0.507 e. The smallest absolute Gasteiger partial charge is 0.228 e. The summed E-state index contributed by atoms with van der Waals surface area (Å²) >= 11 is 0. The van der Waals surface area contributed by atoms with E-state index in [4.69, 9.17) is 0 Å². The van der Waals surface area contributed by atoms with Crippen molar-refractivity contribution < 1.29 is 9.90 Å². The minimum atomic E-state index is -0.260. The maximum Gasteiger partial charge on any atom is 0.228 e. The number of nitrogens with zero attached hydrogens (tertiary/aromatic N) is 1. The van der Waals surface area contributed by atoms with Crippen LogP contribution in [0, 0.1) is 0 Å². The van der Waals surface area contributed by atoms with Crippen molar-refractivity contribution in [2.75, 3.05) is 0 Å². The first kappa shape index (κ1) is 16.3. The first-order valence-corrected chi connectivity index (χ1v) is 7.44. The van der Waals surface area contributed by atoms with E-state index in [0.717, 1.165) is 11.1 Å². The number of phenolic OH excluding ortho intramolecular Hbond substituents is 1. The van der Waals surface area contributed by atoms with Crippen molar-refractivity contribution in [3.63, 3.8) is 0 Å². The van der Waals surface area contributed by atoms with Gasteiger partial charge in [0.1, 0.15) is 5.75 Å². The number of phenols is 1. The van der Waals surface area contributed by atoms with Gasteiger partial charge in [0.25, 0.3) is 0 Å². The molecule has 2 N–H and O–H groups in total. The third-order valence-electron chi connectivity index (χ3n) is 3.70. The number of rotatable bonds is 2. The molecule has 0 aliphatic heterocycles. The first-order chi connectivity index (χ1) is 10.0. The van der Waals surface area contributed by atoms with Crippen LogP contribution in [-0.4, -0.2) is 20.9 Å². The van der Waals surface area contributed by atoms with E-state index in [9.17, 15) is 9.90 Å². The Morgan fingerprint density at radius 3 is 1.91 bits per heavy atom. The molecule has 0 spiro atoms.